The van der Waals surface area contributed by atoms with Crippen LogP contribution in [0.2, 0.25) is 0 Å². The lowest BCUT2D eigenvalue weighted by atomic mass is 10.1. The van der Waals surface area contributed by atoms with Crippen LogP contribution in [-0.4, -0.2) is 47.9 Å². The summed E-state index contributed by atoms with van der Waals surface area (Å²) < 4.78 is 0. The molecule has 1 atom stereocenters. The van der Waals surface area contributed by atoms with Gasteiger partial charge in [0, 0.05) is 19.1 Å². The molecule has 18 heavy (non-hydrogen) atoms. The number of carbonyl (C=O) groups is 1. The molecule has 0 spiro atoms. The van der Waals surface area contributed by atoms with Crippen LogP contribution in [0.5, 0.6) is 0 Å². The molecule has 0 saturated carbocycles. The van der Waals surface area contributed by atoms with Crippen LogP contribution in [0.3, 0.4) is 0 Å². The molecule has 1 aromatic rings. The van der Waals surface area contributed by atoms with Crippen LogP contribution in [-0.2, 0) is 0 Å². The zero-order valence-corrected chi connectivity index (χ0v) is 11.5. The van der Waals surface area contributed by atoms with E-state index in [-0.39, 0.29) is 5.91 Å². The van der Waals surface area contributed by atoms with Crippen LogP contribution in [0.15, 0.2) is 17.5 Å². The molecule has 2 aliphatic heterocycles. The van der Waals surface area contributed by atoms with Gasteiger partial charge in [0.05, 0.1) is 4.88 Å². The first-order valence-electron chi connectivity index (χ1n) is 6.91. The maximum absolute atomic E-state index is 12.3. The molecular weight excluding hydrogens is 244 g/mol. The van der Waals surface area contributed by atoms with Crippen LogP contribution in [0.25, 0.3) is 0 Å². The van der Waals surface area contributed by atoms with Gasteiger partial charge in [-0.25, -0.2) is 0 Å². The van der Waals surface area contributed by atoms with Crippen molar-refractivity contribution in [3.63, 3.8) is 0 Å². The van der Waals surface area contributed by atoms with E-state index in [2.05, 4.69) is 4.90 Å². The third kappa shape index (κ3) is 2.45. The number of amides is 1. The number of hydrogen-bond acceptors (Lipinski definition) is 3. The van der Waals surface area contributed by atoms with Gasteiger partial charge in [0.1, 0.15) is 0 Å². The Hall–Kier alpha value is -0.870. The van der Waals surface area contributed by atoms with Crippen molar-refractivity contribution in [3.05, 3.63) is 22.4 Å². The molecule has 0 N–H and O–H groups in total. The summed E-state index contributed by atoms with van der Waals surface area (Å²) in [5, 5.41) is 1.98. The quantitative estimate of drug-likeness (QED) is 0.819. The molecular formula is C14H20N2OS. The van der Waals surface area contributed by atoms with Gasteiger partial charge in [-0.3, -0.25) is 9.69 Å². The molecule has 3 nitrogen and oxygen atoms in total. The Morgan fingerprint density at radius 3 is 2.78 bits per heavy atom. The van der Waals surface area contributed by atoms with E-state index in [1.165, 1.54) is 32.4 Å². The van der Waals surface area contributed by atoms with E-state index < -0.39 is 0 Å². The third-order valence-corrected chi connectivity index (χ3v) is 4.95. The lowest BCUT2D eigenvalue weighted by Gasteiger charge is -2.32. The highest BCUT2D eigenvalue weighted by Gasteiger charge is 2.31. The normalized spacial score (nSPS) is 25.6. The molecule has 1 amide bonds. The van der Waals surface area contributed by atoms with E-state index in [4.69, 9.17) is 0 Å². The molecule has 3 rings (SSSR count). The summed E-state index contributed by atoms with van der Waals surface area (Å²) in [4.78, 5) is 17.8. The molecule has 2 saturated heterocycles. The highest BCUT2D eigenvalue weighted by molar-refractivity contribution is 7.12. The number of rotatable bonds is 2. The van der Waals surface area contributed by atoms with Gasteiger partial charge >= 0.3 is 0 Å². The summed E-state index contributed by atoms with van der Waals surface area (Å²) in [7, 11) is 0. The van der Waals surface area contributed by atoms with E-state index in [1.807, 2.05) is 22.4 Å². The maximum atomic E-state index is 12.3. The molecule has 98 valence electrons. The Balaban J connectivity index is 1.59. The summed E-state index contributed by atoms with van der Waals surface area (Å²) in [6, 6.07) is 4.49. The van der Waals surface area contributed by atoms with Gasteiger partial charge in [-0.2, -0.15) is 0 Å². The number of carbonyl (C=O) groups excluding carboxylic acids is 1. The number of likely N-dealkylation sites (tertiary alicyclic amines) is 2. The lowest BCUT2D eigenvalue weighted by Crippen LogP contribution is -2.41. The van der Waals surface area contributed by atoms with E-state index in [0.29, 0.717) is 6.04 Å². The van der Waals surface area contributed by atoms with Crippen LogP contribution >= 0.6 is 11.3 Å². The second-order valence-electron chi connectivity index (χ2n) is 5.27. The average Bonchev–Trinajstić information content (AvgIpc) is 3.10. The summed E-state index contributed by atoms with van der Waals surface area (Å²) in [5.74, 6) is 0.226. The fraction of sp³-hybridized carbons (Fsp3) is 0.643. The van der Waals surface area contributed by atoms with Crippen LogP contribution in [0, 0.1) is 0 Å². The van der Waals surface area contributed by atoms with Gasteiger partial charge in [0.15, 0.2) is 0 Å². The molecule has 2 fully saturated rings. The minimum Gasteiger partial charge on any atom is -0.336 e. The fourth-order valence-electron chi connectivity index (χ4n) is 3.06. The first kappa shape index (κ1) is 12.2. The van der Waals surface area contributed by atoms with Crippen LogP contribution in [0.4, 0.5) is 0 Å². The highest BCUT2D eigenvalue weighted by Crippen LogP contribution is 2.22. The number of nitrogens with zero attached hydrogens (tertiary/aromatic N) is 2. The van der Waals surface area contributed by atoms with Crippen molar-refractivity contribution < 1.29 is 4.79 Å². The first-order valence-corrected chi connectivity index (χ1v) is 7.79. The predicted molar refractivity (Wildman–Crippen MR) is 74.1 cm³/mol. The minimum atomic E-state index is 0.226. The van der Waals surface area contributed by atoms with Crippen molar-refractivity contribution in [1.82, 2.24) is 9.80 Å². The van der Waals surface area contributed by atoms with Gasteiger partial charge in [0.2, 0.25) is 0 Å². The van der Waals surface area contributed by atoms with Crippen molar-refractivity contribution in [2.45, 2.75) is 31.7 Å². The Bertz CT molecular complexity index is 398. The molecule has 0 bridgehead atoms. The van der Waals surface area contributed by atoms with Gasteiger partial charge in [-0.1, -0.05) is 12.5 Å². The second kappa shape index (κ2) is 5.41. The highest BCUT2D eigenvalue weighted by atomic mass is 32.1. The summed E-state index contributed by atoms with van der Waals surface area (Å²) >= 11 is 1.55. The van der Waals surface area contributed by atoms with Crippen molar-refractivity contribution in [1.29, 1.82) is 0 Å². The number of thiophene rings is 1. The molecule has 0 aromatic carbocycles. The van der Waals surface area contributed by atoms with Crippen LogP contribution < -0.4 is 0 Å². The molecule has 4 heteroatoms. The smallest absolute Gasteiger partial charge is 0.263 e. The molecule has 0 radical (unpaired) electrons. The Morgan fingerprint density at radius 1 is 1.22 bits per heavy atom. The standard InChI is InChI=1S/C14H20N2OS/c17-14(13-5-4-10-18-13)16-9-6-12(11-16)15-7-2-1-3-8-15/h4-5,10,12H,1-3,6-9,11H2. The lowest BCUT2D eigenvalue weighted by molar-refractivity contribution is 0.0776. The van der Waals surface area contributed by atoms with Gasteiger partial charge < -0.3 is 4.90 Å². The third-order valence-electron chi connectivity index (χ3n) is 4.09. The average molecular weight is 264 g/mol. The van der Waals surface area contributed by atoms with Gasteiger partial charge in [-0.05, 0) is 43.8 Å². The molecule has 3 heterocycles. The van der Waals surface area contributed by atoms with Crippen LogP contribution in [0.1, 0.15) is 35.4 Å². The Morgan fingerprint density at radius 2 is 2.06 bits per heavy atom. The SMILES string of the molecule is O=C(c1cccs1)N1CCC(N2CCCCC2)C1. The van der Waals surface area contributed by atoms with E-state index in [0.717, 1.165) is 24.4 Å². The maximum Gasteiger partial charge on any atom is 0.263 e. The largest absolute Gasteiger partial charge is 0.336 e. The monoisotopic (exact) mass is 264 g/mol. The summed E-state index contributed by atoms with van der Waals surface area (Å²) in [6.07, 6.45) is 5.18. The molecule has 1 unspecified atom stereocenters. The predicted octanol–water partition coefficient (Wildman–Crippen LogP) is 2.45. The first-order chi connectivity index (χ1) is 8.84. The molecule has 2 aliphatic rings. The van der Waals surface area contributed by atoms with Crippen molar-refractivity contribution in [2.24, 2.45) is 0 Å². The Labute approximate surface area is 112 Å². The van der Waals surface area contributed by atoms with E-state index in [9.17, 15) is 4.79 Å². The number of piperidine rings is 1. The zero-order chi connectivity index (χ0) is 12.4. The summed E-state index contributed by atoms with van der Waals surface area (Å²) in [6.45, 7) is 4.31. The molecule has 1 aromatic heterocycles. The minimum absolute atomic E-state index is 0.226. The fourth-order valence-corrected chi connectivity index (χ4v) is 3.75. The topological polar surface area (TPSA) is 23.6 Å². The number of hydrogen-bond donors (Lipinski definition) is 0. The van der Waals surface area contributed by atoms with Gasteiger partial charge in [0.25, 0.3) is 5.91 Å². The Kier molecular flexibility index (Phi) is 3.66. The summed E-state index contributed by atoms with van der Waals surface area (Å²) in [5.41, 5.74) is 0. The van der Waals surface area contributed by atoms with Gasteiger partial charge in [-0.15, -0.1) is 11.3 Å². The van der Waals surface area contributed by atoms with E-state index in [1.54, 1.807) is 11.3 Å². The van der Waals surface area contributed by atoms with Crippen molar-refractivity contribution in [2.75, 3.05) is 26.2 Å². The second-order valence-corrected chi connectivity index (χ2v) is 6.22. The van der Waals surface area contributed by atoms with Crippen molar-refractivity contribution >= 4 is 17.2 Å². The zero-order valence-electron chi connectivity index (χ0n) is 10.7. The van der Waals surface area contributed by atoms with Crippen molar-refractivity contribution in [3.8, 4) is 0 Å². The van der Waals surface area contributed by atoms with E-state index >= 15 is 0 Å². The molecule has 0 aliphatic carbocycles.